The number of benzene rings is 3. The van der Waals surface area contributed by atoms with E-state index >= 15 is 0 Å². The van der Waals surface area contributed by atoms with Crippen LogP contribution in [0.25, 0.3) is 22.0 Å². The predicted molar refractivity (Wildman–Crippen MR) is 141 cm³/mol. The second-order valence-corrected chi connectivity index (χ2v) is 8.89. The molecule has 0 aliphatic carbocycles. The summed E-state index contributed by atoms with van der Waals surface area (Å²) in [4.78, 5) is 21.3. The third kappa shape index (κ3) is 4.07. The molecule has 0 atom stereocenters. The lowest BCUT2D eigenvalue weighted by atomic mass is 10.0. The minimum absolute atomic E-state index is 0.278. The van der Waals surface area contributed by atoms with Crippen molar-refractivity contribution in [3.63, 3.8) is 0 Å². The van der Waals surface area contributed by atoms with E-state index < -0.39 is 0 Å². The van der Waals surface area contributed by atoms with Crippen molar-refractivity contribution in [1.29, 1.82) is 0 Å². The molecule has 9 nitrogen and oxygen atoms in total. The van der Waals surface area contributed by atoms with Crippen molar-refractivity contribution < 1.29 is 4.79 Å². The van der Waals surface area contributed by atoms with Gasteiger partial charge in [-0.3, -0.25) is 15.3 Å². The Morgan fingerprint density at radius 1 is 0.861 bits per heavy atom. The molecule has 36 heavy (non-hydrogen) atoms. The number of carbonyl (C=O) groups is 1. The first kappa shape index (κ1) is 21.6. The fourth-order valence-electron chi connectivity index (χ4n) is 4.12. The molecule has 3 aromatic carbocycles. The van der Waals surface area contributed by atoms with Gasteiger partial charge in [0.1, 0.15) is 11.6 Å². The Morgan fingerprint density at radius 2 is 1.72 bits per heavy atom. The van der Waals surface area contributed by atoms with Crippen LogP contribution in [0.3, 0.4) is 0 Å². The summed E-state index contributed by atoms with van der Waals surface area (Å²) < 4.78 is 0. The van der Waals surface area contributed by atoms with Crippen LogP contribution in [0.5, 0.6) is 0 Å². The van der Waals surface area contributed by atoms with Gasteiger partial charge in [-0.05, 0) is 47.4 Å². The number of hydrogen-bond donors (Lipinski definition) is 4. The van der Waals surface area contributed by atoms with Crippen LogP contribution < -0.4 is 21.5 Å². The molecule has 2 aromatic heterocycles. The molecule has 6 rings (SSSR count). The van der Waals surface area contributed by atoms with Crippen LogP contribution in [0.4, 0.5) is 29.0 Å². The van der Waals surface area contributed by atoms with Gasteiger partial charge in [-0.25, -0.2) is 4.98 Å². The van der Waals surface area contributed by atoms with Crippen LogP contribution in [-0.4, -0.2) is 26.1 Å². The lowest BCUT2D eigenvalue weighted by Crippen LogP contribution is -2.10. The topological polar surface area (TPSA) is 122 Å². The van der Waals surface area contributed by atoms with Crippen molar-refractivity contribution in [2.75, 3.05) is 16.1 Å². The number of rotatable bonds is 6. The zero-order valence-corrected chi connectivity index (χ0v) is 19.7. The Morgan fingerprint density at radius 3 is 2.53 bits per heavy atom. The van der Waals surface area contributed by atoms with E-state index in [1.807, 2.05) is 42.5 Å². The van der Waals surface area contributed by atoms with E-state index in [0.29, 0.717) is 28.9 Å². The van der Waals surface area contributed by atoms with Gasteiger partial charge >= 0.3 is 0 Å². The zero-order chi connectivity index (χ0) is 24.6. The van der Waals surface area contributed by atoms with E-state index in [1.54, 1.807) is 6.07 Å². The lowest BCUT2D eigenvalue weighted by molar-refractivity contribution is 0.0969. The number of hydrogen-bond acceptors (Lipinski definition) is 7. The second kappa shape index (κ2) is 8.70. The van der Waals surface area contributed by atoms with Gasteiger partial charge < -0.3 is 10.6 Å². The molecule has 0 fully saturated rings. The molecule has 0 spiro atoms. The molecule has 4 N–H and O–H groups in total. The Balaban J connectivity index is 1.41. The Kier molecular flexibility index (Phi) is 5.22. The first-order valence-electron chi connectivity index (χ1n) is 11.7. The van der Waals surface area contributed by atoms with Gasteiger partial charge in [0, 0.05) is 17.1 Å². The average Bonchev–Trinajstić information content (AvgIpc) is 3.51. The summed E-state index contributed by atoms with van der Waals surface area (Å²) in [7, 11) is 0. The van der Waals surface area contributed by atoms with Gasteiger partial charge in [0.15, 0.2) is 0 Å². The van der Waals surface area contributed by atoms with Gasteiger partial charge in [0.25, 0.3) is 5.91 Å². The summed E-state index contributed by atoms with van der Waals surface area (Å²) in [6.45, 7) is 4.20. The van der Waals surface area contributed by atoms with E-state index in [9.17, 15) is 4.79 Å². The number of nitrogens with zero attached hydrogens (tertiary/aromatic N) is 4. The molecule has 0 unspecified atom stereocenters. The number of amides is 1. The fraction of sp³-hybridized carbons (Fsp3) is 0.111. The highest BCUT2D eigenvalue weighted by Gasteiger charge is 2.21. The quantitative estimate of drug-likeness (QED) is 0.248. The summed E-state index contributed by atoms with van der Waals surface area (Å²) in [5.74, 6) is 1.83. The Bertz CT molecular complexity index is 1590. The number of nitrogens with one attached hydrogen (secondary N) is 4. The predicted octanol–water partition coefficient (Wildman–Crippen LogP) is 5.72. The molecule has 9 heteroatoms. The molecule has 1 amide bonds. The maximum Gasteiger partial charge on any atom is 0.295 e. The highest BCUT2D eigenvalue weighted by molar-refractivity contribution is 6.04. The first-order valence-corrected chi connectivity index (χ1v) is 11.7. The monoisotopic (exact) mass is 475 g/mol. The lowest BCUT2D eigenvalue weighted by Gasteiger charge is -2.13. The fourth-order valence-corrected chi connectivity index (χ4v) is 4.12. The molecule has 5 aromatic rings. The number of fused-ring (bicyclic) bond motifs is 2. The van der Waals surface area contributed by atoms with E-state index in [-0.39, 0.29) is 5.91 Å². The van der Waals surface area contributed by atoms with Gasteiger partial charge in [0.05, 0.1) is 22.5 Å². The number of aromatic nitrogens is 4. The number of H-pyrrole nitrogens is 1. The van der Waals surface area contributed by atoms with Crippen LogP contribution in [0.15, 0.2) is 72.8 Å². The SMILES string of the molecule is CC(C)c1cc(Nc2nc(Nc3ccc4c(c3)N[N]C4=O)nc3ccc(-c4ccccc4)cc23)[nH]n1. The van der Waals surface area contributed by atoms with Gasteiger partial charge in [-0.1, -0.05) is 50.2 Å². The minimum atomic E-state index is -0.278. The zero-order valence-electron chi connectivity index (χ0n) is 19.7. The number of aromatic amines is 1. The van der Waals surface area contributed by atoms with Crippen molar-refractivity contribution in [1.82, 2.24) is 25.6 Å². The summed E-state index contributed by atoms with van der Waals surface area (Å²) in [5, 5.41) is 15.0. The summed E-state index contributed by atoms with van der Waals surface area (Å²) in [5.41, 5.74) is 12.3. The van der Waals surface area contributed by atoms with Gasteiger partial charge in [-0.15, -0.1) is 5.43 Å². The highest BCUT2D eigenvalue weighted by Crippen LogP contribution is 2.32. The standard InChI is InChI=1S/C27H23N8O/c1-15(2)22-14-24(34-32-22)30-25-20-12-17(16-6-4-3-5-7-16)8-11-21(20)29-27(31-25)28-18-9-10-19-23(13-18)33-35-26(19)36/h3-15,33H,1-2H3,(H3,28,29,30,31,32,34). The van der Waals surface area contributed by atoms with Crippen LogP contribution in [0.2, 0.25) is 0 Å². The maximum atomic E-state index is 11.8. The molecule has 1 radical (unpaired) electrons. The van der Waals surface area contributed by atoms with Crippen molar-refractivity contribution in [2.24, 2.45) is 0 Å². The molecule has 0 saturated carbocycles. The van der Waals surface area contributed by atoms with Crippen LogP contribution >= 0.6 is 0 Å². The van der Waals surface area contributed by atoms with Crippen molar-refractivity contribution >= 4 is 45.8 Å². The largest absolute Gasteiger partial charge is 0.325 e. The third-order valence-corrected chi connectivity index (χ3v) is 6.03. The van der Waals surface area contributed by atoms with E-state index in [2.05, 4.69) is 69.8 Å². The molecular weight excluding hydrogens is 452 g/mol. The molecule has 3 heterocycles. The van der Waals surface area contributed by atoms with Gasteiger partial charge in [-0.2, -0.15) is 10.1 Å². The highest BCUT2D eigenvalue weighted by atomic mass is 16.2. The van der Waals surface area contributed by atoms with Crippen molar-refractivity contribution in [2.45, 2.75) is 19.8 Å². The van der Waals surface area contributed by atoms with Gasteiger partial charge in [0.2, 0.25) is 5.95 Å². The molecule has 177 valence electrons. The second-order valence-electron chi connectivity index (χ2n) is 8.89. The molecule has 1 aliphatic rings. The third-order valence-electron chi connectivity index (χ3n) is 6.03. The van der Waals surface area contributed by atoms with Crippen LogP contribution in [0.1, 0.15) is 35.8 Å². The van der Waals surface area contributed by atoms with Crippen molar-refractivity contribution in [3.05, 3.63) is 84.1 Å². The normalized spacial score (nSPS) is 12.4. The smallest absolute Gasteiger partial charge is 0.295 e. The molecule has 1 aliphatic heterocycles. The first-order chi connectivity index (χ1) is 17.5. The van der Waals surface area contributed by atoms with Crippen LogP contribution in [-0.2, 0) is 0 Å². The minimum Gasteiger partial charge on any atom is -0.325 e. The van der Waals surface area contributed by atoms with E-state index in [4.69, 9.17) is 9.97 Å². The summed E-state index contributed by atoms with van der Waals surface area (Å²) >= 11 is 0. The Hall–Kier alpha value is -4.92. The van der Waals surface area contributed by atoms with Crippen LogP contribution in [0, 0.1) is 0 Å². The van der Waals surface area contributed by atoms with E-state index in [1.165, 1.54) is 0 Å². The number of anilines is 5. The van der Waals surface area contributed by atoms with E-state index in [0.717, 1.165) is 39.2 Å². The number of carbonyl (C=O) groups excluding carboxylic acids is 1. The molecular formula is C27H23N8O. The summed E-state index contributed by atoms with van der Waals surface area (Å²) in [6.07, 6.45) is 0. The molecule has 0 saturated heterocycles. The average molecular weight is 476 g/mol. The molecule has 0 bridgehead atoms. The maximum absolute atomic E-state index is 11.8. The summed E-state index contributed by atoms with van der Waals surface area (Å²) in [6, 6.07) is 23.7. The van der Waals surface area contributed by atoms with Crippen molar-refractivity contribution in [3.8, 4) is 11.1 Å². The Labute approximate surface area is 207 Å².